The van der Waals surface area contributed by atoms with Gasteiger partial charge in [0.25, 0.3) is 5.91 Å². The van der Waals surface area contributed by atoms with Gasteiger partial charge in [-0.3, -0.25) is 4.79 Å². The molecule has 0 aromatic heterocycles. The summed E-state index contributed by atoms with van der Waals surface area (Å²) in [5.41, 5.74) is 2.34. The fourth-order valence-electron chi connectivity index (χ4n) is 2.86. The Bertz CT molecular complexity index is 1020. The first kappa shape index (κ1) is 20.7. The van der Waals surface area contributed by atoms with Crippen molar-refractivity contribution in [3.05, 3.63) is 83.9 Å². The number of aromatic hydroxyl groups is 1. The Hall–Kier alpha value is -4.00. The van der Waals surface area contributed by atoms with E-state index in [4.69, 9.17) is 4.74 Å². The highest BCUT2D eigenvalue weighted by Crippen LogP contribution is 2.24. The molecule has 0 saturated heterocycles. The first-order valence-corrected chi connectivity index (χ1v) is 9.37. The molecule has 4 N–H and O–H groups in total. The third kappa shape index (κ3) is 5.29. The van der Waals surface area contributed by atoms with Crippen LogP contribution >= 0.6 is 0 Å². The first-order valence-electron chi connectivity index (χ1n) is 9.37. The van der Waals surface area contributed by atoms with E-state index in [1.54, 1.807) is 30.3 Å². The van der Waals surface area contributed by atoms with Gasteiger partial charge in [0, 0.05) is 17.4 Å². The van der Waals surface area contributed by atoms with E-state index in [-0.39, 0.29) is 23.4 Å². The summed E-state index contributed by atoms with van der Waals surface area (Å²) in [7, 11) is 1.49. The van der Waals surface area contributed by atoms with Gasteiger partial charge in [0.15, 0.2) is 0 Å². The zero-order valence-electron chi connectivity index (χ0n) is 16.7. The third-order valence-corrected chi connectivity index (χ3v) is 4.50. The van der Waals surface area contributed by atoms with Gasteiger partial charge in [-0.25, -0.2) is 4.79 Å². The normalized spacial score (nSPS) is 11.3. The van der Waals surface area contributed by atoms with Crippen LogP contribution in [0, 0.1) is 0 Å². The molecule has 1 unspecified atom stereocenters. The zero-order valence-corrected chi connectivity index (χ0v) is 16.7. The molecule has 3 aromatic carbocycles. The standard InChI is InChI=1S/C23H23N3O4/c1-15(24-22(28)20-13-12-19(30-2)14-21(20)27)16-8-10-18(11-9-16)26-23(29)25-17-6-4-3-5-7-17/h3-15,27H,1-2H3,(H,24,28)(H2,25,26,29). The Morgan fingerprint density at radius 1 is 0.900 bits per heavy atom. The number of phenolic OH excluding ortho intramolecular Hbond substituents is 1. The molecule has 154 valence electrons. The number of nitrogens with one attached hydrogen (secondary N) is 3. The van der Waals surface area contributed by atoms with Crippen LogP contribution in [0.3, 0.4) is 0 Å². The van der Waals surface area contributed by atoms with Gasteiger partial charge in [0.1, 0.15) is 11.5 Å². The predicted octanol–water partition coefficient (Wildman–Crippen LogP) is 4.54. The molecule has 3 amide bonds. The lowest BCUT2D eigenvalue weighted by Crippen LogP contribution is -2.26. The van der Waals surface area contributed by atoms with Gasteiger partial charge in [0.2, 0.25) is 0 Å². The second-order valence-corrected chi connectivity index (χ2v) is 6.65. The molecule has 0 aliphatic rings. The third-order valence-electron chi connectivity index (χ3n) is 4.50. The van der Waals surface area contributed by atoms with E-state index in [2.05, 4.69) is 16.0 Å². The topological polar surface area (TPSA) is 99.7 Å². The number of para-hydroxylation sites is 1. The van der Waals surface area contributed by atoms with Crippen LogP contribution in [0.4, 0.5) is 16.2 Å². The molecule has 0 aliphatic carbocycles. The Kier molecular flexibility index (Phi) is 6.54. The lowest BCUT2D eigenvalue weighted by atomic mass is 10.1. The number of rotatable bonds is 6. The number of carbonyl (C=O) groups is 2. The van der Waals surface area contributed by atoms with E-state index in [9.17, 15) is 14.7 Å². The highest BCUT2D eigenvalue weighted by molar-refractivity contribution is 5.99. The van der Waals surface area contributed by atoms with Crippen molar-refractivity contribution in [3.8, 4) is 11.5 Å². The monoisotopic (exact) mass is 405 g/mol. The van der Waals surface area contributed by atoms with Gasteiger partial charge in [-0.05, 0) is 48.9 Å². The van der Waals surface area contributed by atoms with Crippen molar-refractivity contribution in [2.75, 3.05) is 17.7 Å². The van der Waals surface area contributed by atoms with E-state index in [0.29, 0.717) is 17.1 Å². The molecule has 0 saturated carbocycles. The van der Waals surface area contributed by atoms with Crippen molar-refractivity contribution < 1.29 is 19.4 Å². The number of hydrogen-bond acceptors (Lipinski definition) is 4. The highest BCUT2D eigenvalue weighted by Gasteiger charge is 2.15. The molecular formula is C23H23N3O4. The van der Waals surface area contributed by atoms with Crippen molar-refractivity contribution in [2.45, 2.75) is 13.0 Å². The molecule has 1 atom stereocenters. The summed E-state index contributed by atoms with van der Waals surface area (Å²) in [6.07, 6.45) is 0. The van der Waals surface area contributed by atoms with Crippen molar-refractivity contribution in [3.63, 3.8) is 0 Å². The smallest absolute Gasteiger partial charge is 0.323 e. The van der Waals surface area contributed by atoms with Gasteiger partial charge < -0.3 is 25.8 Å². The van der Waals surface area contributed by atoms with Crippen LogP contribution in [0.25, 0.3) is 0 Å². The van der Waals surface area contributed by atoms with E-state index in [1.807, 2.05) is 37.3 Å². The number of urea groups is 1. The average Bonchev–Trinajstić information content (AvgIpc) is 2.74. The number of anilines is 2. The number of phenols is 1. The van der Waals surface area contributed by atoms with E-state index in [1.165, 1.54) is 19.2 Å². The zero-order chi connectivity index (χ0) is 21.5. The lowest BCUT2D eigenvalue weighted by molar-refractivity contribution is 0.0937. The minimum Gasteiger partial charge on any atom is -0.507 e. The molecular weight excluding hydrogens is 382 g/mol. The summed E-state index contributed by atoms with van der Waals surface area (Å²) in [5.74, 6) is -0.0772. The average molecular weight is 405 g/mol. The van der Waals surface area contributed by atoms with E-state index >= 15 is 0 Å². The number of amides is 3. The SMILES string of the molecule is COc1ccc(C(=O)NC(C)c2ccc(NC(=O)Nc3ccccc3)cc2)c(O)c1. The van der Waals surface area contributed by atoms with Crippen LogP contribution in [0.15, 0.2) is 72.8 Å². The van der Waals surface area contributed by atoms with Gasteiger partial charge in [-0.15, -0.1) is 0 Å². The molecule has 0 bridgehead atoms. The Morgan fingerprint density at radius 2 is 1.53 bits per heavy atom. The first-order chi connectivity index (χ1) is 14.5. The summed E-state index contributed by atoms with van der Waals surface area (Å²) in [6, 6.07) is 20.2. The fourth-order valence-corrected chi connectivity index (χ4v) is 2.86. The second kappa shape index (κ2) is 9.47. The summed E-state index contributed by atoms with van der Waals surface area (Å²) < 4.78 is 5.03. The van der Waals surface area contributed by atoms with Crippen molar-refractivity contribution in [1.82, 2.24) is 5.32 Å². The molecule has 0 fully saturated rings. The van der Waals surface area contributed by atoms with E-state index in [0.717, 1.165) is 5.56 Å². The van der Waals surface area contributed by atoms with Crippen LogP contribution in [0.5, 0.6) is 11.5 Å². The fraction of sp³-hybridized carbons (Fsp3) is 0.130. The maximum atomic E-state index is 12.5. The van der Waals surface area contributed by atoms with Crippen LogP contribution < -0.4 is 20.7 Å². The molecule has 0 aliphatic heterocycles. The Balaban J connectivity index is 1.58. The molecule has 7 heteroatoms. The number of ether oxygens (including phenoxy) is 1. The highest BCUT2D eigenvalue weighted by atomic mass is 16.5. The van der Waals surface area contributed by atoms with Crippen molar-refractivity contribution >= 4 is 23.3 Å². The molecule has 3 aromatic rings. The molecule has 0 radical (unpaired) electrons. The van der Waals surface area contributed by atoms with Crippen LogP contribution in [-0.4, -0.2) is 24.2 Å². The lowest BCUT2D eigenvalue weighted by Gasteiger charge is -2.16. The minimum atomic E-state index is -0.396. The minimum absolute atomic E-state index is 0.150. The number of benzene rings is 3. The van der Waals surface area contributed by atoms with Crippen LogP contribution in [0.1, 0.15) is 28.9 Å². The molecule has 30 heavy (non-hydrogen) atoms. The number of methoxy groups -OCH3 is 1. The maximum absolute atomic E-state index is 12.5. The van der Waals surface area contributed by atoms with Gasteiger partial charge >= 0.3 is 6.03 Å². The van der Waals surface area contributed by atoms with E-state index < -0.39 is 5.91 Å². The number of hydrogen-bond donors (Lipinski definition) is 4. The summed E-state index contributed by atoms with van der Waals surface area (Å²) in [6.45, 7) is 1.84. The number of carbonyl (C=O) groups excluding carboxylic acids is 2. The summed E-state index contributed by atoms with van der Waals surface area (Å²) in [5, 5.41) is 18.4. The summed E-state index contributed by atoms with van der Waals surface area (Å²) >= 11 is 0. The van der Waals surface area contributed by atoms with Crippen molar-refractivity contribution in [2.24, 2.45) is 0 Å². The Labute approximate surface area is 174 Å². The second-order valence-electron chi connectivity index (χ2n) is 6.65. The quantitative estimate of drug-likeness (QED) is 0.484. The molecule has 3 rings (SSSR count). The summed E-state index contributed by atoms with van der Waals surface area (Å²) in [4.78, 5) is 24.5. The predicted molar refractivity (Wildman–Crippen MR) is 116 cm³/mol. The van der Waals surface area contributed by atoms with Gasteiger partial charge in [-0.1, -0.05) is 30.3 Å². The van der Waals surface area contributed by atoms with Gasteiger partial charge in [0.05, 0.1) is 18.7 Å². The van der Waals surface area contributed by atoms with Crippen LogP contribution in [0.2, 0.25) is 0 Å². The maximum Gasteiger partial charge on any atom is 0.323 e. The van der Waals surface area contributed by atoms with Crippen LogP contribution in [-0.2, 0) is 0 Å². The Morgan fingerprint density at radius 3 is 2.13 bits per heavy atom. The van der Waals surface area contributed by atoms with Crippen molar-refractivity contribution in [1.29, 1.82) is 0 Å². The van der Waals surface area contributed by atoms with Gasteiger partial charge in [-0.2, -0.15) is 0 Å². The molecule has 7 nitrogen and oxygen atoms in total. The molecule has 0 heterocycles. The largest absolute Gasteiger partial charge is 0.507 e. The molecule has 0 spiro atoms.